The molecule has 168 valence electrons. The first-order valence-corrected chi connectivity index (χ1v) is 11.7. The van der Waals surface area contributed by atoms with Crippen molar-refractivity contribution in [3.8, 4) is 11.1 Å². The van der Waals surface area contributed by atoms with Crippen molar-refractivity contribution in [1.82, 2.24) is 19.4 Å². The molecule has 0 N–H and O–H groups in total. The smallest absolute Gasteiger partial charge is 0.312 e. The highest BCUT2D eigenvalue weighted by Crippen LogP contribution is 2.65. The Bertz CT molecular complexity index is 1200. The molecular formula is C25H31N5O2. The van der Waals surface area contributed by atoms with Crippen molar-refractivity contribution in [2.75, 3.05) is 18.0 Å². The second-order valence-corrected chi connectivity index (χ2v) is 11.1. The van der Waals surface area contributed by atoms with Crippen LogP contribution < -0.4 is 4.90 Å². The van der Waals surface area contributed by atoms with E-state index in [4.69, 9.17) is 4.74 Å². The molecule has 0 aromatic carbocycles. The van der Waals surface area contributed by atoms with Crippen molar-refractivity contribution >= 4 is 17.2 Å². The van der Waals surface area contributed by atoms with Crippen LogP contribution in [0.25, 0.3) is 16.6 Å². The number of rotatable bonds is 3. The van der Waals surface area contributed by atoms with Crippen LogP contribution in [0.3, 0.4) is 0 Å². The summed E-state index contributed by atoms with van der Waals surface area (Å²) < 4.78 is 9.64. The van der Waals surface area contributed by atoms with Crippen LogP contribution in [-0.2, 0) is 16.6 Å². The Morgan fingerprint density at radius 2 is 1.94 bits per heavy atom. The van der Waals surface area contributed by atoms with Crippen LogP contribution in [0.15, 0.2) is 36.9 Å². The molecule has 1 saturated heterocycles. The molecular weight excluding hydrogens is 402 g/mol. The van der Waals surface area contributed by atoms with Gasteiger partial charge in [-0.15, -0.1) is 0 Å². The lowest BCUT2D eigenvalue weighted by atomic mass is 9.55. The van der Waals surface area contributed by atoms with E-state index >= 15 is 0 Å². The van der Waals surface area contributed by atoms with E-state index in [1.807, 2.05) is 55.6 Å². The van der Waals surface area contributed by atoms with E-state index in [1.54, 1.807) is 0 Å². The SMILES string of the molecule is Cn1cc(-c2ccc3c(N4CC5CC6C(C4)C[C@]6(C(=O)OC(C)(C)C)C5)cnn3c2)cn1. The molecule has 2 aliphatic carbocycles. The van der Waals surface area contributed by atoms with E-state index in [0.29, 0.717) is 17.8 Å². The summed E-state index contributed by atoms with van der Waals surface area (Å²) >= 11 is 0. The molecule has 2 bridgehead atoms. The number of esters is 1. The van der Waals surface area contributed by atoms with Gasteiger partial charge in [-0.1, -0.05) is 6.07 Å². The summed E-state index contributed by atoms with van der Waals surface area (Å²) in [5.74, 6) is 1.59. The highest BCUT2D eigenvalue weighted by atomic mass is 16.6. The lowest BCUT2D eigenvalue weighted by Gasteiger charge is -2.52. The van der Waals surface area contributed by atoms with Gasteiger partial charge in [-0.3, -0.25) is 9.48 Å². The Kier molecular flexibility index (Phi) is 4.08. The Morgan fingerprint density at radius 3 is 2.69 bits per heavy atom. The number of nitrogens with zero attached hydrogens (tertiary/aromatic N) is 5. The number of pyridine rings is 1. The molecule has 6 rings (SSSR count). The van der Waals surface area contributed by atoms with Gasteiger partial charge in [0.2, 0.25) is 0 Å². The number of carbonyl (C=O) groups is 1. The maximum Gasteiger partial charge on any atom is 0.312 e. The summed E-state index contributed by atoms with van der Waals surface area (Å²) in [6.45, 7) is 7.90. The van der Waals surface area contributed by atoms with E-state index in [-0.39, 0.29) is 11.4 Å². The van der Waals surface area contributed by atoms with Gasteiger partial charge in [0.15, 0.2) is 0 Å². The zero-order valence-electron chi connectivity index (χ0n) is 19.3. The summed E-state index contributed by atoms with van der Waals surface area (Å²) in [6, 6.07) is 4.32. The fraction of sp³-hybridized carbons (Fsp3) is 0.560. The molecule has 32 heavy (non-hydrogen) atoms. The number of aromatic nitrogens is 4. The first-order chi connectivity index (χ1) is 15.2. The number of fused-ring (bicyclic) bond motifs is 2. The summed E-state index contributed by atoms with van der Waals surface area (Å²) in [5.41, 5.74) is 3.89. The molecule has 0 spiro atoms. The van der Waals surface area contributed by atoms with Crippen LogP contribution in [0.4, 0.5) is 5.69 Å². The van der Waals surface area contributed by atoms with Gasteiger partial charge in [-0.25, -0.2) is 4.52 Å². The van der Waals surface area contributed by atoms with Gasteiger partial charge in [0, 0.05) is 43.7 Å². The van der Waals surface area contributed by atoms with Gasteiger partial charge in [-0.05, 0) is 63.9 Å². The highest BCUT2D eigenvalue weighted by Gasteiger charge is 2.65. The maximum absolute atomic E-state index is 13.1. The summed E-state index contributed by atoms with van der Waals surface area (Å²) in [5, 5.41) is 8.95. The highest BCUT2D eigenvalue weighted by molar-refractivity contribution is 5.80. The van der Waals surface area contributed by atoms with E-state index in [2.05, 4.69) is 33.4 Å². The molecule has 2 saturated carbocycles. The molecule has 7 heteroatoms. The Hall–Kier alpha value is -2.83. The van der Waals surface area contributed by atoms with Crippen molar-refractivity contribution < 1.29 is 9.53 Å². The lowest BCUT2D eigenvalue weighted by molar-refractivity contribution is -0.183. The minimum absolute atomic E-state index is 0.0427. The first kappa shape index (κ1) is 19.8. The lowest BCUT2D eigenvalue weighted by Crippen LogP contribution is -2.55. The summed E-state index contributed by atoms with van der Waals surface area (Å²) in [6.07, 6.45) is 11.0. The zero-order valence-corrected chi connectivity index (χ0v) is 19.3. The molecule has 0 radical (unpaired) electrons. The van der Waals surface area contributed by atoms with Gasteiger partial charge >= 0.3 is 5.97 Å². The van der Waals surface area contributed by atoms with Crippen molar-refractivity contribution in [1.29, 1.82) is 0 Å². The van der Waals surface area contributed by atoms with E-state index in [1.165, 1.54) is 5.69 Å². The van der Waals surface area contributed by atoms with Crippen LogP contribution in [0.2, 0.25) is 0 Å². The predicted octanol–water partition coefficient (Wildman–Crippen LogP) is 3.93. The standard InChI is InChI=1S/C25H31N5O2/c1-24(2,3)32-23(31)25-8-16-7-20(25)18(9-25)14-29(12-16)22-11-27-30-15-17(5-6-21(22)30)19-10-26-28(4)13-19/h5-6,10-11,13,15-16,18,20H,7-9,12,14H2,1-4H3/t16?,18?,20?,25-/m1/s1. The number of anilines is 1. The molecule has 3 aromatic heterocycles. The van der Waals surface area contributed by atoms with Gasteiger partial charge in [-0.2, -0.15) is 10.2 Å². The van der Waals surface area contributed by atoms with Gasteiger partial charge in [0.05, 0.1) is 29.0 Å². The van der Waals surface area contributed by atoms with Crippen molar-refractivity contribution in [3.05, 3.63) is 36.9 Å². The Labute approximate surface area is 188 Å². The monoisotopic (exact) mass is 433 g/mol. The normalized spacial score (nSPS) is 29.1. The van der Waals surface area contributed by atoms with Crippen molar-refractivity contribution in [2.45, 2.75) is 45.6 Å². The topological polar surface area (TPSA) is 64.7 Å². The second kappa shape index (κ2) is 6.59. The van der Waals surface area contributed by atoms with Crippen LogP contribution in [0, 0.1) is 23.2 Å². The second-order valence-electron chi connectivity index (χ2n) is 11.1. The molecule has 3 aromatic rings. The number of ether oxygens (including phenoxy) is 1. The van der Waals surface area contributed by atoms with Gasteiger partial charge in [0.1, 0.15) is 5.60 Å². The maximum atomic E-state index is 13.1. The molecule has 4 heterocycles. The van der Waals surface area contributed by atoms with Crippen LogP contribution >= 0.6 is 0 Å². The van der Waals surface area contributed by atoms with E-state index in [9.17, 15) is 4.79 Å². The van der Waals surface area contributed by atoms with Crippen molar-refractivity contribution in [3.63, 3.8) is 0 Å². The third-order valence-corrected chi connectivity index (χ3v) is 7.76. The summed E-state index contributed by atoms with van der Waals surface area (Å²) in [7, 11) is 1.93. The summed E-state index contributed by atoms with van der Waals surface area (Å²) in [4.78, 5) is 15.6. The average Bonchev–Trinajstić information content (AvgIpc) is 3.35. The molecule has 3 fully saturated rings. The number of hydrogen-bond acceptors (Lipinski definition) is 5. The average molecular weight is 434 g/mol. The number of carbonyl (C=O) groups excluding carboxylic acids is 1. The van der Waals surface area contributed by atoms with E-state index in [0.717, 1.165) is 49.0 Å². The molecule has 7 nitrogen and oxygen atoms in total. The fourth-order valence-corrected chi connectivity index (χ4v) is 6.51. The Balaban J connectivity index is 1.24. The van der Waals surface area contributed by atoms with Crippen LogP contribution in [-0.4, -0.2) is 44.1 Å². The predicted molar refractivity (Wildman–Crippen MR) is 122 cm³/mol. The van der Waals surface area contributed by atoms with Gasteiger partial charge in [0.25, 0.3) is 0 Å². The third-order valence-electron chi connectivity index (χ3n) is 7.76. The number of hydrogen-bond donors (Lipinski definition) is 0. The van der Waals surface area contributed by atoms with Crippen molar-refractivity contribution in [2.24, 2.45) is 30.2 Å². The van der Waals surface area contributed by atoms with E-state index < -0.39 is 5.60 Å². The minimum atomic E-state index is -0.415. The molecule has 1 aliphatic heterocycles. The molecule has 3 unspecified atom stereocenters. The third kappa shape index (κ3) is 2.97. The minimum Gasteiger partial charge on any atom is -0.460 e. The van der Waals surface area contributed by atoms with Crippen LogP contribution in [0.5, 0.6) is 0 Å². The first-order valence-electron chi connectivity index (χ1n) is 11.7. The molecule has 4 atom stereocenters. The van der Waals surface area contributed by atoms with Gasteiger partial charge < -0.3 is 9.64 Å². The quantitative estimate of drug-likeness (QED) is 0.586. The number of aryl methyl sites for hydroxylation is 1. The largest absolute Gasteiger partial charge is 0.460 e. The Morgan fingerprint density at radius 1 is 1.09 bits per heavy atom. The zero-order chi connectivity index (χ0) is 22.3. The molecule has 0 amide bonds. The van der Waals surface area contributed by atoms with Crippen LogP contribution in [0.1, 0.15) is 40.0 Å². The fourth-order valence-electron chi connectivity index (χ4n) is 6.51. The molecule has 3 aliphatic rings.